The third-order valence-corrected chi connectivity index (χ3v) is 2.82. The van der Waals surface area contributed by atoms with E-state index in [1.165, 1.54) is 0 Å². The van der Waals surface area contributed by atoms with E-state index in [2.05, 4.69) is 6.92 Å². The molecule has 5 heteroatoms. The summed E-state index contributed by atoms with van der Waals surface area (Å²) >= 11 is 6.12. The molecule has 90 valence electrons. The fourth-order valence-electron chi connectivity index (χ4n) is 1.68. The molecular weight excluding hydrogens is 249 g/mol. The standard InChI is InChI=1S/C11H14ClNO2.ClH/c1-2-3-9(13)7-4-10-11(5-8(7)12)15-6-14-10;/h4-5,9H,2-3,6,13H2,1H3;1H/t9-;/m0./s1. The van der Waals surface area contributed by atoms with Crippen LogP contribution in [0, 0.1) is 0 Å². The number of hydrogen-bond donors (Lipinski definition) is 1. The van der Waals surface area contributed by atoms with Gasteiger partial charge in [0.1, 0.15) is 0 Å². The second kappa shape index (κ2) is 5.62. The quantitative estimate of drug-likeness (QED) is 0.911. The molecule has 0 bridgehead atoms. The Morgan fingerprint density at radius 3 is 2.62 bits per heavy atom. The SMILES string of the molecule is CCC[C@H](N)c1cc2c(cc1Cl)OCO2.Cl. The van der Waals surface area contributed by atoms with E-state index in [4.69, 9.17) is 26.8 Å². The maximum atomic E-state index is 6.12. The van der Waals surface area contributed by atoms with E-state index in [9.17, 15) is 0 Å². The molecule has 0 aromatic heterocycles. The lowest BCUT2D eigenvalue weighted by Crippen LogP contribution is -2.10. The van der Waals surface area contributed by atoms with E-state index < -0.39 is 0 Å². The van der Waals surface area contributed by atoms with Crippen molar-refractivity contribution in [3.63, 3.8) is 0 Å². The normalized spacial score (nSPS) is 14.4. The topological polar surface area (TPSA) is 44.5 Å². The summed E-state index contributed by atoms with van der Waals surface area (Å²) in [5.41, 5.74) is 6.95. The van der Waals surface area contributed by atoms with Crippen LogP contribution in [0.2, 0.25) is 5.02 Å². The van der Waals surface area contributed by atoms with Crippen LogP contribution in [0.1, 0.15) is 31.4 Å². The fraction of sp³-hybridized carbons (Fsp3) is 0.455. The minimum absolute atomic E-state index is 0. The third-order valence-electron chi connectivity index (χ3n) is 2.49. The van der Waals surface area contributed by atoms with Gasteiger partial charge in [-0.05, 0) is 18.1 Å². The molecule has 2 N–H and O–H groups in total. The molecule has 0 fully saturated rings. The first kappa shape index (κ1) is 13.4. The Bertz CT molecular complexity index is 371. The van der Waals surface area contributed by atoms with Crippen molar-refractivity contribution in [2.45, 2.75) is 25.8 Å². The molecule has 1 aromatic carbocycles. The van der Waals surface area contributed by atoms with E-state index in [0.29, 0.717) is 10.8 Å². The average molecular weight is 264 g/mol. The molecule has 1 heterocycles. The second-order valence-electron chi connectivity index (χ2n) is 3.62. The molecule has 0 radical (unpaired) electrons. The number of ether oxygens (including phenoxy) is 2. The van der Waals surface area contributed by atoms with Crippen LogP contribution in [0.3, 0.4) is 0 Å². The van der Waals surface area contributed by atoms with Crippen molar-refractivity contribution >= 4 is 24.0 Å². The maximum absolute atomic E-state index is 6.12. The molecule has 1 atom stereocenters. The summed E-state index contributed by atoms with van der Waals surface area (Å²) in [6, 6.07) is 3.62. The summed E-state index contributed by atoms with van der Waals surface area (Å²) in [6.07, 6.45) is 1.95. The number of benzene rings is 1. The predicted molar refractivity (Wildman–Crippen MR) is 66.7 cm³/mol. The maximum Gasteiger partial charge on any atom is 0.231 e. The van der Waals surface area contributed by atoms with Crippen LogP contribution in [0.5, 0.6) is 11.5 Å². The zero-order chi connectivity index (χ0) is 10.8. The monoisotopic (exact) mass is 263 g/mol. The van der Waals surface area contributed by atoms with Crippen LogP contribution in [0.15, 0.2) is 12.1 Å². The van der Waals surface area contributed by atoms with Gasteiger partial charge in [-0.25, -0.2) is 0 Å². The van der Waals surface area contributed by atoms with Crippen LogP contribution < -0.4 is 15.2 Å². The van der Waals surface area contributed by atoms with E-state index in [1.54, 1.807) is 6.07 Å². The van der Waals surface area contributed by atoms with Crippen molar-refractivity contribution < 1.29 is 9.47 Å². The van der Waals surface area contributed by atoms with E-state index >= 15 is 0 Å². The molecule has 0 spiro atoms. The second-order valence-corrected chi connectivity index (χ2v) is 4.03. The lowest BCUT2D eigenvalue weighted by atomic mass is 10.0. The average Bonchev–Trinajstić information content (AvgIpc) is 2.63. The van der Waals surface area contributed by atoms with Gasteiger partial charge in [0.25, 0.3) is 0 Å². The minimum Gasteiger partial charge on any atom is -0.454 e. The van der Waals surface area contributed by atoms with Crippen LogP contribution in [-0.2, 0) is 0 Å². The van der Waals surface area contributed by atoms with Crippen molar-refractivity contribution in [2.75, 3.05) is 6.79 Å². The van der Waals surface area contributed by atoms with Crippen molar-refractivity contribution in [2.24, 2.45) is 5.73 Å². The number of halogens is 2. The van der Waals surface area contributed by atoms with Gasteiger partial charge in [0.2, 0.25) is 6.79 Å². The van der Waals surface area contributed by atoms with Gasteiger partial charge >= 0.3 is 0 Å². The molecule has 0 saturated carbocycles. The molecule has 1 aliphatic heterocycles. The van der Waals surface area contributed by atoms with Gasteiger partial charge in [-0.3, -0.25) is 0 Å². The summed E-state index contributed by atoms with van der Waals surface area (Å²) in [6.45, 7) is 2.36. The summed E-state index contributed by atoms with van der Waals surface area (Å²) in [4.78, 5) is 0. The number of nitrogens with two attached hydrogens (primary N) is 1. The molecule has 1 aromatic rings. The van der Waals surface area contributed by atoms with Gasteiger partial charge in [-0.1, -0.05) is 24.9 Å². The molecule has 3 nitrogen and oxygen atoms in total. The first-order valence-electron chi connectivity index (χ1n) is 5.07. The summed E-state index contributed by atoms with van der Waals surface area (Å²) in [7, 11) is 0. The smallest absolute Gasteiger partial charge is 0.231 e. The van der Waals surface area contributed by atoms with Crippen molar-refractivity contribution in [1.82, 2.24) is 0 Å². The van der Waals surface area contributed by atoms with Gasteiger partial charge in [0.15, 0.2) is 11.5 Å². The third kappa shape index (κ3) is 2.54. The number of hydrogen-bond acceptors (Lipinski definition) is 3. The molecule has 0 saturated heterocycles. The first-order chi connectivity index (χ1) is 7.22. The Balaban J connectivity index is 0.00000128. The van der Waals surface area contributed by atoms with Gasteiger partial charge in [0, 0.05) is 17.1 Å². The first-order valence-corrected chi connectivity index (χ1v) is 5.44. The molecule has 1 aliphatic rings. The van der Waals surface area contributed by atoms with Crippen molar-refractivity contribution in [3.05, 3.63) is 22.7 Å². The van der Waals surface area contributed by atoms with Gasteiger partial charge in [0.05, 0.1) is 0 Å². The zero-order valence-corrected chi connectivity index (χ0v) is 10.6. The highest BCUT2D eigenvalue weighted by atomic mass is 35.5. The zero-order valence-electron chi connectivity index (χ0n) is 9.03. The highest BCUT2D eigenvalue weighted by Gasteiger charge is 2.19. The van der Waals surface area contributed by atoms with Crippen LogP contribution >= 0.6 is 24.0 Å². The van der Waals surface area contributed by atoms with E-state index in [1.807, 2.05) is 6.07 Å². The molecule has 0 unspecified atom stereocenters. The molecule has 0 amide bonds. The van der Waals surface area contributed by atoms with Crippen LogP contribution in [-0.4, -0.2) is 6.79 Å². The van der Waals surface area contributed by atoms with E-state index in [0.717, 1.165) is 24.2 Å². The Hall–Kier alpha value is -0.640. The van der Waals surface area contributed by atoms with Gasteiger partial charge in [-0.15, -0.1) is 12.4 Å². The predicted octanol–water partition coefficient (Wildman–Crippen LogP) is 3.29. The lowest BCUT2D eigenvalue weighted by molar-refractivity contribution is 0.174. The largest absolute Gasteiger partial charge is 0.454 e. The molecular formula is C11H15Cl2NO2. The van der Waals surface area contributed by atoms with Gasteiger partial charge in [-0.2, -0.15) is 0 Å². The number of fused-ring (bicyclic) bond motifs is 1. The van der Waals surface area contributed by atoms with Crippen LogP contribution in [0.25, 0.3) is 0 Å². The summed E-state index contributed by atoms with van der Waals surface area (Å²) in [5, 5.41) is 0.653. The van der Waals surface area contributed by atoms with Gasteiger partial charge < -0.3 is 15.2 Å². The lowest BCUT2D eigenvalue weighted by Gasteiger charge is -2.13. The van der Waals surface area contributed by atoms with Crippen LogP contribution in [0.4, 0.5) is 0 Å². The van der Waals surface area contributed by atoms with Crippen molar-refractivity contribution in [3.8, 4) is 11.5 Å². The highest BCUT2D eigenvalue weighted by molar-refractivity contribution is 6.31. The number of rotatable bonds is 3. The van der Waals surface area contributed by atoms with Crippen molar-refractivity contribution in [1.29, 1.82) is 0 Å². The highest BCUT2D eigenvalue weighted by Crippen LogP contribution is 2.39. The Morgan fingerprint density at radius 1 is 1.38 bits per heavy atom. The molecule has 0 aliphatic carbocycles. The minimum atomic E-state index is -0.0306. The molecule has 16 heavy (non-hydrogen) atoms. The van der Waals surface area contributed by atoms with E-state index in [-0.39, 0.29) is 25.2 Å². The summed E-state index contributed by atoms with van der Waals surface area (Å²) in [5.74, 6) is 1.44. The fourth-order valence-corrected chi connectivity index (χ4v) is 1.98. The Kier molecular flexibility index (Phi) is 4.71. The Labute approximate surface area is 106 Å². The Morgan fingerprint density at radius 2 is 2.00 bits per heavy atom. The molecule has 2 rings (SSSR count). The summed E-state index contributed by atoms with van der Waals surface area (Å²) < 4.78 is 10.5.